The van der Waals surface area contributed by atoms with E-state index in [-0.39, 0.29) is 11.6 Å². The summed E-state index contributed by atoms with van der Waals surface area (Å²) >= 11 is 0. The fourth-order valence-electron chi connectivity index (χ4n) is 1.77. The summed E-state index contributed by atoms with van der Waals surface area (Å²) in [6.45, 7) is 4.24. The van der Waals surface area contributed by atoms with Crippen LogP contribution < -0.4 is 5.32 Å². The van der Waals surface area contributed by atoms with E-state index in [1.54, 1.807) is 12.3 Å². The Labute approximate surface area is 110 Å². The molecule has 0 bridgehead atoms. The van der Waals surface area contributed by atoms with Gasteiger partial charge in [-0.25, -0.2) is 13.8 Å². The molecule has 0 aliphatic rings. The summed E-state index contributed by atoms with van der Waals surface area (Å²) in [5.41, 5.74) is 0.854. The second kappa shape index (κ2) is 5.93. The number of aromatic nitrogens is 1. The number of rotatable bonds is 5. The summed E-state index contributed by atoms with van der Waals surface area (Å²) in [4.78, 5) is 4.12. The van der Waals surface area contributed by atoms with Crippen LogP contribution >= 0.6 is 0 Å². The third kappa shape index (κ3) is 3.61. The molecule has 0 saturated heterocycles. The molecule has 0 aliphatic heterocycles. The first-order valence-electron chi connectivity index (χ1n) is 6.09. The SMILES string of the molecule is Cc1cnc(C(C)NCc2cccc(C(F)F)c2)o1. The Morgan fingerprint density at radius 1 is 1.37 bits per heavy atom. The minimum atomic E-state index is -2.44. The van der Waals surface area contributed by atoms with E-state index < -0.39 is 6.43 Å². The monoisotopic (exact) mass is 266 g/mol. The van der Waals surface area contributed by atoms with E-state index in [2.05, 4.69) is 10.3 Å². The molecule has 0 fully saturated rings. The maximum atomic E-state index is 12.6. The quantitative estimate of drug-likeness (QED) is 0.895. The van der Waals surface area contributed by atoms with Crippen molar-refractivity contribution in [2.45, 2.75) is 32.9 Å². The Balaban J connectivity index is 1.96. The van der Waals surface area contributed by atoms with Crippen LogP contribution in [0, 0.1) is 6.92 Å². The number of halogens is 2. The number of benzene rings is 1. The van der Waals surface area contributed by atoms with Crippen LogP contribution in [-0.4, -0.2) is 4.98 Å². The van der Waals surface area contributed by atoms with E-state index in [1.165, 1.54) is 12.1 Å². The predicted molar refractivity (Wildman–Crippen MR) is 67.9 cm³/mol. The summed E-state index contributed by atoms with van der Waals surface area (Å²) in [5.74, 6) is 1.35. The van der Waals surface area contributed by atoms with E-state index in [4.69, 9.17) is 4.42 Å². The lowest BCUT2D eigenvalue weighted by Gasteiger charge is -2.11. The highest BCUT2D eigenvalue weighted by Crippen LogP contribution is 2.20. The summed E-state index contributed by atoms with van der Waals surface area (Å²) in [6.07, 6.45) is -0.781. The molecule has 1 unspecified atom stereocenters. The van der Waals surface area contributed by atoms with E-state index >= 15 is 0 Å². The van der Waals surface area contributed by atoms with Crippen molar-refractivity contribution >= 4 is 0 Å². The summed E-state index contributed by atoms with van der Waals surface area (Å²) in [7, 11) is 0. The molecule has 1 N–H and O–H groups in total. The van der Waals surface area contributed by atoms with Gasteiger partial charge in [0.25, 0.3) is 6.43 Å². The number of oxazole rings is 1. The number of nitrogens with one attached hydrogen (secondary N) is 1. The van der Waals surface area contributed by atoms with E-state index in [0.29, 0.717) is 12.4 Å². The van der Waals surface area contributed by atoms with Gasteiger partial charge in [-0.3, -0.25) is 0 Å². The van der Waals surface area contributed by atoms with Crippen LogP contribution in [0.3, 0.4) is 0 Å². The summed E-state index contributed by atoms with van der Waals surface area (Å²) in [5, 5.41) is 3.19. The Morgan fingerprint density at radius 3 is 2.79 bits per heavy atom. The third-order valence-corrected chi connectivity index (χ3v) is 2.82. The van der Waals surface area contributed by atoms with Crippen LogP contribution in [0.4, 0.5) is 8.78 Å². The molecule has 1 aromatic carbocycles. The highest BCUT2D eigenvalue weighted by Gasteiger charge is 2.11. The first-order chi connectivity index (χ1) is 9.06. The number of nitrogens with zero attached hydrogens (tertiary/aromatic N) is 1. The summed E-state index contributed by atoms with van der Waals surface area (Å²) in [6, 6.07) is 6.31. The normalized spacial score (nSPS) is 12.9. The van der Waals surface area contributed by atoms with Gasteiger partial charge in [0.1, 0.15) is 5.76 Å². The Bertz CT molecular complexity index is 540. The molecule has 19 heavy (non-hydrogen) atoms. The van der Waals surface area contributed by atoms with E-state index in [0.717, 1.165) is 11.3 Å². The predicted octanol–water partition coefficient (Wildman–Crippen LogP) is 3.77. The van der Waals surface area contributed by atoms with Gasteiger partial charge in [-0.15, -0.1) is 0 Å². The largest absolute Gasteiger partial charge is 0.444 e. The van der Waals surface area contributed by atoms with Gasteiger partial charge in [-0.2, -0.15) is 0 Å². The minimum absolute atomic E-state index is 0.0407. The van der Waals surface area contributed by atoms with Gasteiger partial charge in [0.15, 0.2) is 0 Å². The summed E-state index contributed by atoms with van der Waals surface area (Å²) < 4.78 is 30.5. The second-order valence-corrected chi connectivity index (χ2v) is 4.46. The Kier molecular flexibility index (Phi) is 4.27. The molecule has 0 amide bonds. The van der Waals surface area contributed by atoms with Crippen LogP contribution in [-0.2, 0) is 6.54 Å². The molecule has 5 heteroatoms. The van der Waals surface area contributed by atoms with Gasteiger partial charge in [-0.1, -0.05) is 18.2 Å². The lowest BCUT2D eigenvalue weighted by atomic mass is 10.1. The molecule has 1 atom stereocenters. The number of aryl methyl sites for hydroxylation is 1. The van der Waals surface area contributed by atoms with Crippen molar-refractivity contribution in [1.82, 2.24) is 10.3 Å². The Morgan fingerprint density at radius 2 is 2.16 bits per heavy atom. The zero-order chi connectivity index (χ0) is 13.8. The van der Waals surface area contributed by atoms with Crippen LogP contribution in [0.5, 0.6) is 0 Å². The van der Waals surface area contributed by atoms with E-state index in [1.807, 2.05) is 19.9 Å². The van der Waals surface area contributed by atoms with Gasteiger partial charge in [-0.05, 0) is 25.5 Å². The fraction of sp³-hybridized carbons (Fsp3) is 0.357. The number of alkyl halides is 2. The Hall–Kier alpha value is -1.75. The molecule has 0 spiro atoms. The minimum Gasteiger partial charge on any atom is -0.444 e. The molecular weight excluding hydrogens is 250 g/mol. The van der Waals surface area contributed by atoms with Gasteiger partial charge in [0.2, 0.25) is 5.89 Å². The van der Waals surface area contributed by atoms with Crippen molar-refractivity contribution in [2.75, 3.05) is 0 Å². The third-order valence-electron chi connectivity index (χ3n) is 2.82. The smallest absolute Gasteiger partial charge is 0.263 e. The molecule has 2 rings (SSSR count). The maximum absolute atomic E-state index is 12.6. The topological polar surface area (TPSA) is 38.1 Å². The molecule has 102 valence electrons. The van der Waals surface area contributed by atoms with Gasteiger partial charge < -0.3 is 9.73 Å². The molecule has 0 radical (unpaired) electrons. The maximum Gasteiger partial charge on any atom is 0.263 e. The molecule has 3 nitrogen and oxygen atoms in total. The van der Waals surface area contributed by atoms with E-state index in [9.17, 15) is 8.78 Å². The molecule has 0 saturated carbocycles. The lowest BCUT2D eigenvalue weighted by molar-refractivity contribution is 0.151. The molecular formula is C14H16F2N2O. The van der Waals surface area contributed by atoms with Crippen LogP contribution in [0.2, 0.25) is 0 Å². The van der Waals surface area contributed by atoms with Crippen molar-refractivity contribution in [2.24, 2.45) is 0 Å². The zero-order valence-corrected chi connectivity index (χ0v) is 10.9. The van der Waals surface area contributed by atoms with Crippen molar-refractivity contribution in [3.63, 3.8) is 0 Å². The average Bonchev–Trinajstić information content (AvgIpc) is 2.83. The fourth-order valence-corrected chi connectivity index (χ4v) is 1.77. The van der Waals surface area contributed by atoms with Gasteiger partial charge >= 0.3 is 0 Å². The average molecular weight is 266 g/mol. The van der Waals surface area contributed by atoms with Crippen LogP contribution in [0.15, 0.2) is 34.9 Å². The van der Waals surface area contributed by atoms with Crippen molar-refractivity contribution in [1.29, 1.82) is 0 Å². The van der Waals surface area contributed by atoms with Gasteiger partial charge in [0.05, 0.1) is 12.2 Å². The second-order valence-electron chi connectivity index (χ2n) is 4.46. The first-order valence-corrected chi connectivity index (χ1v) is 6.09. The van der Waals surface area contributed by atoms with Gasteiger partial charge in [0, 0.05) is 12.1 Å². The highest BCUT2D eigenvalue weighted by atomic mass is 19.3. The highest BCUT2D eigenvalue weighted by molar-refractivity contribution is 5.24. The van der Waals surface area contributed by atoms with Crippen molar-refractivity contribution in [3.05, 3.63) is 53.2 Å². The molecule has 0 aliphatic carbocycles. The molecule has 1 aromatic heterocycles. The number of hydrogen-bond acceptors (Lipinski definition) is 3. The van der Waals surface area contributed by atoms with Crippen LogP contribution in [0.25, 0.3) is 0 Å². The molecule has 1 heterocycles. The van der Waals surface area contributed by atoms with Crippen molar-refractivity contribution in [3.8, 4) is 0 Å². The van der Waals surface area contributed by atoms with Crippen molar-refractivity contribution < 1.29 is 13.2 Å². The molecule has 2 aromatic rings. The van der Waals surface area contributed by atoms with Crippen LogP contribution in [0.1, 0.15) is 42.2 Å². The lowest BCUT2D eigenvalue weighted by Crippen LogP contribution is -2.18. The first kappa shape index (κ1) is 13.7. The standard InChI is InChI=1S/C14H16F2N2O/c1-9-7-18-14(19-9)10(2)17-8-11-4-3-5-12(6-11)13(15)16/h3-7,10,13,17H,8H2,1-2H3. The zero-order valence-electron chi connectivity index (χ0n) is 10.9. The number of hydrogen-bond donors (Lipinski definition) is 1.